The van der Waals surface area contributed by atoms with Crippen molar-refractivity contribution >= 4 is 45.9 Å². The topological polar surface area (TPSA) is 60.5 Å². The number of amides is 1. The molecule has 1 unspecified atom stereocenters. The molecule has 0 saturated carbocycles. The number of carbonyl (C=O) groups is 1. The summed E-state index contributed by atoms with van der Waals surface area (Å²) in [7, 11) is 0. The molecule has 0 aliphatic carbocycles. The number of likely N-dealkylation sites (tertiary alicyclic amines) is 1. The van der Waals surface area contributed by atoms with Gasteiger partial charge in [0, 0.05) is 17.7 Å². The van der Waals surface area contributed by atoms with Crippen molar-refractivity contribution in [3.8, 4) is 0 Å². The van der Waals surface area contributed by atoms with E-state index in [1.165, 1.54) is 18.9 Å². The van der Waals surface area contributed by atoms with Crippen molar-refractivity contribution in [3.05, 3.63) is 78.5 Å². The number of hydrogen-bond acceptors (Lipinski definition) is 4. The fourth-order valence-corrected chi connectivity index (χ4v) is 4.31. The van der Waals surface area contributed by atoms with Gasteiger partial charge in [0.2, 0.25) is 5.91 Å². The number of fused-ring (bicyclic) bond motifs is 1. The van der Waals surface area contributed by atoms with Gasteiger partial charge in [0.1, 0.15) is 0 Å². The molecule has 1 aromatic heterocycles. The van der Waals surface area contributed by atoms with Crippen molar-refractivity contribution in [1.29, 1.82) is 0 Å². The zero-order valence-corrected chi connectivity index (χ0v) is 19.6. The number of benzene rings is 2. The molecule has 0 bridgehead atoms. The smallest absolute Gasteiger partial charge is 0.245 e. The molecule has 170 valence electrons. The summed E-state index contributed by atoms with van der Waals surface area (Å²) in [5, 5.41) is 7.84. The molecule has 2 aromatic carbocycles. The van der Waals surface area contributed by atoms with Crippen LogP contribution in [0.4, 0.5) is 5.69 Å². The SMILES string of the molecule is CC(NC(=O)/C=C/c1ccccc1)NC(=S)N(CN1CCCC1)c1cccc2cccnc12. The summed E-state index contributed by atoms with van der Waals surface area (Å²) >= 11 is 5.82. The Hall–Kier alpha value is -3.29. The van der Waals surface area contributed by atoms with Crippen LogP contribution in [0.25, 0.3) is 17.0 Å². The van der Waals surface area contributed by atoms with Crippen LogP contribution in [0.1, 0.15) is 25.3 Å². The largest absolute Gasteiger partial charge is 0.342 e. The highest BCUT2D eigenvalue weighted by Crippen LogP contribution is 2.26. The molecule has 1 aliphatic heterocycles. The summed E-state index contributed by atoms with van der Waals surface area (Å²) < 4.78 is 0. The normalized spacial score (nSPS) is 14.9. The van der Waals surface area contributed by atoms with E-state index in [9.17, 15) is 4.79 Å². The molecule has 1 saturated heterocycles. The molecule has 2 heterocycles. The van der Waals surface area contributed by atoms with Crippen LogP contribution >= 0.6 is 12.2 Å². The summed E-state index contributed by atoms with van der Waals surface area (Å²) in [4.78, 5) is 21.5. The van der Waals surface area contributed by atoms with Crippen molar-refractivity contribution in [3.63, 3.8) is 0 Å². The van der Waals surface area contributed by atoms with Gasteiger partial charge in [0.15, 0.2) is 5.11 Å². The van der Waals surface area contributed by atoms with Crippen LogP contribution in [0.2, 0.25) is 0 Å². The first-order valence-corrected chi connectivity index (χ1v) is 11.7. The molecule has 7 heteroatoms. The van der Waals surface area contributed by atoms with Gasteiger partial charge in [0.25, 0.3) is 0 Å². The van der Waals surface area contributed by atoms with Crippen LogP contribution in [0.3, 0.4) is 0 Å². The second-order valence-electron chi connectivity index (χ2n) is 8.17. The molecule has 4 rings (SSSR count). The number of nitrogens with one attached hydrogen (secondary N) is 2. The monoisotopic (exact) mass is 459 g/mol. The predicted molar refractivity (Wildman–Crippen MR) is 139 cm³/mol. The number of anilines is 1. The van der Waals surface area contributed by atoms with E-state index in [0.717, 1.165) is 35.2 Å². The molecular formula is C26H29N5OS. The van der Waals surface area contributed by atoms with Gasteiger partial charge in [-0.15, -0.1) is 0 Å². The number of aromatic nitrogens is 1. The average Bonchev–Trinajstić information content (AvgIpc) is 3.35. The van der Waals surface area contributed by atoms with Gasteiger partial charge in [-0.05, 0) is 68.8 Å². The fourth-order valence-electron chi connectivity index (χ4n) is 3.98. The lowest BCUT2D eigenvalue weighted by Gasteiger charge is -2.32. The quantitative estimate of drug-likeness (QED) is 0.315. The average molecular weight is 460 g/mol. The van der Waals surface area contributed by atoms with E-state index in [4.69, 9.17) is 12.2 Å². The lowest BCUT2D eigenvalue weighted by molar-refractivity contribution is -0.117. The lowest BCUT2D eigenvalue weighted by atomic mass is 10.2. The van der Waals surface area contributed by atoms with Crippen LogP contribution in [0.15, 0.2) is 72.9 Å². The Kier molecular flexibility index (Phi) is 7.65. The van der Waals surface area contributed by atoms with Gasteiger partial charge in [0.05, 0.1) is 24.0 Å². The van der Waals surface area contributed by atoms with Crippen molar-refractivity contribution in [1.82, 2.24) is 20.5 Å². The molecule has 1 atom stereocenters. The Morgan fingerprint density at radius 2 is 1.85 bits per heavy atom. The molecule has 1 fully saturated rings. The Labute approximate surface area is 200 Å². The van der Waals surface area contributed by atoms with Gasteiger partial charge >= 0.3 is 0 Å². The van der Waals surface area contributed by atoms with Gasteiger partial charge in [-0.1, -0.05) is 48.5 Å². The van der Waals surface area contributed by atoms with Crippen LogP contribution in [0.5, 0.6) is 0 Å². The fraction of sp³-hybridized carbons (Fsp3) is 0.269. The minimum Gasteiger partial charge on any atom is -0.342 e. The van der Waals surface area contributed by atoms with Crippen molar-refractivity contribution in [2.45, 2.75) is 25.9 Å². The molecule has 1 aliphatic rings. The number of hydrogen-bond donors (Lipinski definition) is 2. The Morgan fingerprint density at radius 1 is 1.09 bits per heavy atom. The molecule has 1 amide bonds. The highest BCUT2D eigenvalue weighted by Gasteiger charge is 2.22. The van der Waals surface area contributed by atoms with E-state index in [0.29, 0.717) is 11.8 Å². The predicted octanol–water partition coefficient (Wildman–Crippen LogP) is 4.14. The van der Waals surface area contributed by atoms with Crippen LogP contribution in [-0.4, -0.2) is 46.8 Å². The number of nitrogens with zero attached hydrogens (tertiary/aromatic N) is 3. The van der Waals surface area contributed by atoms with Crippen molar-refractivity contribution in [2.75, 3.05) is 24.7 Å². The summed E-state index contributed by atoms with van der Waals surface area (Å²) in [6.07, 6.45) is 7.19. The standard InChI is InChI=1S/C26H29N5OS/c1-20(28-24(32)15-14-21-9-3-2-4-10-21)29-26(33)31(19-30-17-5-6-18-30)23-13-7-11-22-12-8-16-27-25(22)23/h2-4,7-16,20H,5-6,17-19H2,1H3,(H,28,32)(H,29,33)/b15-14+. The van der Waals surface area contributed by atoms with E-state index in [2.05, 4.69) is 37.6 Å². The highest BCUT2D eigenvalue weighted by molar-refractivity contribution is 7.80. The maximum absolute atomic E-state index is 12.4. The molecule has 3 aromatic rings. The van der Waals surface area contributed by atoms with Crippen molar-refractivity contribution in [2.24, 2.45) is 0 Å². The third-order valence-corrected chi connectivity index (χ3v) is 5.95. The zero-order chi connectivity index (χ0) is 23.0. The maximum atomic E-state index is 12.4. The summed E-state index contributed by atoms with van der Waals surface area (Å²) in [5.74, 6) is -0.181. The number of thiocarbonyl (C=S) groups is 1. The van der Waals surface area contributed by atoms with Gasteiger partial charge < -0.3 is 15.5 Å². The third kappa shape index (κ3) is 6.15. The number of para-hydroxylation sites is 1. The Balaban J connectivity index is 1.46. The van der Waals surface area contributed by atoms with Crippen LogP contribution in [-0.2, 0) is 4.79 Å². The first kappa shape index (κ1) is 22.9. The van der Waals surface area contributed by atoms with Gasteiger partial charge in [-0.3, -0.25) is 14.7 Å². The molecule has 6 nitrogen and oxygen atoms in total. The van der Waals surface area contributed by atoms with Crippen LogP contribution in [0, 0.1) is 0 Å². The third-order valence-electron chi connectivity index (χ3n) is 5.61. The molecule has 2 N–H and O–H groups in total. The van der Waals surface area contributed by atoms with Gasteiger partial charge in [-0.25, -0.2) is 0 Å². The molecule has 0 radical (unpaired) electrons. The second kappa shape index (κ2) is 11.0. The van der Waals surface area contributed by atoms with Crippen molar-refractivity contribution < 1.29 is 4.79 Å². The van der Waals surface area contributed by atoms with E-state index in [1.807, 2.05) is 55.5 Å². The van der Waals surface area contributed by atoms with E-state index >= 15 is 0 Å². The summed E-state index contributed by atoms with van der Waals surface area (Å²) in [5.41, 5.74) is 2.84. The first-order chi connectivity index (χ1) is 16.1. The number of rotatable bonds is 7. The highest BCUT2D eigenvalue weighted by atomic mass is 32.1. The minimum absolute atomic E-state index is 0.181. The summed E-state index contributed by atoms with van der Waals surface area (Å²) in [6, 6.07) is 19.9. The minimum atomic E-state index is -0.338. The Bertz CT molecular complexity index is 1120. The first-order valence-electron chi connectivity index (χ1n) is 11.3. The zero-order valence-electron chi connectivity index (χ0n) is 18.8. The molecule has 33 heavy (non-hydrogen) atoms. The molecule has 0 spiro atoms. The van der Waals surface area contributed by atoms with E-state index < -0.39 is 0 Å². The van der Waals surface area contributed by atoms with Crippen LogP contribution < -0.4 is 15.5 Å². The maximum Gasteiger partial charge on any atom is 0.245 e. The number of pyridine rings is 1. The van der Waals surface area contributed by atoms with E-state index in [-0.39, 0.29) is 12.1 Å². The van der Waals surface area contributed by atoms with Gasteiger partial charge in [-0.2, -0.15) is 0 Å². The molecular weight excluding hydrogens is 430 g/mol. The Morgan fingerprint density at radius 3 is 2.64 bits per heavy atom. The summed E-state index contributed by atoms with van der Waals surface area (Å²) in [6.45, 7) is 4.66. The van der Waals surface area contributed by atoms with E-state index in [1.54, 1.807) is 12.3 Å². The number of carbonyl (C=O) groups excluding carboxylic acids is 1. The lowest BCUT2D eigenvalue weighted by Crippen LogP contribution is -2.52. The second-order valence-corrected chi connectivity index (χ2v) is 8.56.